The van der Waals surface area contributed by atoms with Crippen molar-refractivity contribution >= 4 is 28.2 Å². The Kier molecular flexibility index (Phi) is 5.24. The quantitative estimate of drug-likeness (QED) is 0.630. The molecular weight excluding hydrogens is 362 g/mol. The number of thiazole rings is 1. The van der Waals surface area contributed by atoms with Gasteiger partial charge in [0.25, 0.3) is 0 Å². The highest BCUT2D eigenvalue weighted by Crippen LogP contribution is 2.30. The number of carbonyl (C=O) groups is 1. The van der Waals surface area contributed by atoms with Crippen LogP contribution >= 0.6 is 11.3 Å². The summed E-state index contributed by atoms with van der Waals surface area (Å²) < 4.78 is 12.4. The molecule has 0 atom stereocenters. The Hall–Kier alpha value is -2.22. The summed E-state index contributed by atoms with van der Waals surface area (Å²) in [6.07, 6.45) is 1.87. The lowest BCUT2D eigenvalue weighted by atomic mass is 10.1. The lowest BCUT2D eigenvalue weighted by Crippen LogP contribution is -2.35. The third-order valence-corrected chi connectivity index (χ3v) is 5.86. The van der Waals surface area contributed by atoms with Crippen LogP contribution in [0.25, 0.3) is 21.5 Å². The van der Waals surface area contributed by atoms with Gasteiger partial charge in [-0.25, -0.2) is 9.78 Å². The van der Waals surface area contributed by atoms with E-state index >= 15 is 0 Å². The summed E-state index contributed by atoms with van der Waals surface area (Å²) in [6.45, 7) is 7.19. The maximum Gasteiger partial charge on any atom is 0.340 e. The molecule has 4 rings (SSSR count). The molecule has 27 heavy (non-hydrogen) atoms. The second-order valence-electron chi connectivity index (χ2n) is 6.58. The van der Waals surface area contributed by atoms with Gasteiger partial charge in [0, 0.05) is 54.2 Å². The molecule has 0 saturated carbocycles. The van der Waals surface area contributed by atoms with Crippen LogP contribution < -0.4 is 0 Å². The highest BCUT2D eigenvalue weighted by molar-refractivity contribution is 7.13. The van der Waals surface area contributed by atoms with Gasteiger partial charge in [-0.15, -0.1) is 11.3 Å². The Morgan fingerprint density at radius 2 is 2.15 bits per heavy atom. The average Bonchev–Trinajstić information content (AvgIpc) is 3.32. The van der Waals surface area contributed by atoms with Gasteiger partial charge in [0.15, 0.2) is 0 Å². The minimum Gasteiger partial charge on any atom is -0.465 e. The third-order valence-electron chi connectivity index (χ3n) is 4.92. The van der Waals surface area contributed by atoms with Gasteiger partial charge < -0.3 is 14.0 Å². The summed E-state index contributed by atoms with van der Waals surface area (Å²) >= 11 is 1.64. The number of benzene rings is 1. The number of aromatic nitrogens is 2. The standard InChI is InChI=1S/C20H23N3O3S/c1-3-23-12-17(20(24)25-2)16-10-14(4-5-18(16)23)19-21-15(13-27-19)11-22-6-8-26-9-7-22/h4-5,10,12-13H,3,6-9,11H2,1-2H3. The van der Waals surface area contributed by atoms with E-state index in [0.717, 1.165) is 66.6 Å². The normalized spacial score (nSPS) is 15.3. The minimum absolute atomic E-state index is 0.309. The summed E-state index contributed by atoms with van der Waals surface area (Å²) in [5.74, 6) is -0.309. The molecule has 0 bridgehead atoms. The molecule has 0 unspecified atom stereocenters. The lowest BCUT2D eigenvalue weighted by molar-refractivity contribution is 0.0337. The highest BCUT2D eigenvalue weighted by atomic mass is 32.1. The first kappa shape index (κ1) is 18.2. The van der Waals surface area contributed by atoms with Crippen molar-refractivity contribution in [1.29, 1.82) is 0 Å². The van der Waals surface area contributed by atoms with E-state index in [-0.39, 0.29) is 5.97 Å². The zero-order valence-corrected chi connectivity index (χ0v) is 16.4. The van der Waals surface area contributed by atoms with E-state index in [1.165, 1.54) is 7.11 Å². The zero-order valence-electron chi connectivity index (χ0n) is 15.6. The summed E-state index contributed by atoms with van der Waals surface area (Å²) in [4.78, 5) is 19.3. The molecular formula is C20H23N3O3S. The van der Waals surface area contributed by atoms with Crippen LogP contribution in [0.1, 0.15) is 23.0 Å². The van der Waals surface area contributed by atoms with Crippen molar-refractivity contribution in [2.75, 3.05) is 33.4 Å². The number of rotatable bonds is 5. The van der Waals surface area contributed by atoms with E-state index in [1.54, 1.807) is 11.3 Å². The van der Waals surface area contributed by atoms with E-state index in [1.807, 2.05) is 12.3 Å². The molecule has 3 aromatic rings. The van der Waals surface area contributed by atoms with Crippen molar-refractivity contribution in [1.82, 2.24) is 14.5 Å². The summed E-state index contributed by atoms with van der Waals surface area (Å²) in [5, 5.41) is 4.00. The minimum atomic E-state index is -0.309. The van der Waals surface area contributed by atoms with Crippen molar-refractivity contribution in [3.63, 3.8) is 0 Å². The molecule has 3 heterocycles. The highest BCUT2D eigenvalue weighted by Gasteiger charge is 2.17. The number of methoxy groups -OCH3 is 1. The second kappa shape index (κ2) is 7.80. The molecule has 1 aromatic carbocycles. The predicted molar refractivity (Wildman–Crippen MR) is 106 cm³/mol. The van der Waals surface area contributed by atoms with E-state index in [0.29, 0.717) is 5.56 Å². The molecule has 0 radical (unpaired) electrons. The molecule has 0 N–H and O–H groups in total. The SMILES string of the molecule is CCn1cc(C(=O)OC)c2cc(-c3nc(CN4CCOCC4)cs3)ccc21. The van der Waals surface area contributed by atoms with Gasteiger partial charge in [0.2, 0.25) is 0 Å². The Morgan fingerprint density at radius 1 is 1.33 bits per heavy atom. The first-order valence-corrected chi connectivity index (χ1v) is 10.0. The monoisotopic (exact) mass is 385 g/mol. The Balaban J connectivity index is 1.64. The molecule has 1 fully saturated rings. The van der Waals surface area contributed by atoms with Gasteiger partial charge in [0.1, 0.15) is 5.01 Å². The number of nitrogens with zero attached hydrogens (tertiary/aromatic N) is 3. The molecule has 142 valence electrons. The van der Waals surface area contributed by atoms with Crippen molar-refractivity contribution in [2.24, 2.45) is 0 Å². The largest absolute Gasteiger partial charge is 0.465 e. The van der Waals surface area contributed by atoms with Crippen LogP contribution in [0.2, 0.25) is 0 Å². The molecule has 7 heteroatoms. The average molecular weight is 385 g/mol. The first-order chi connectivity index (χ1) is 13.2. The van der Waals surface area contributed by atoms with Crippen LogP contribution in [0.15, 0.2) is 29.8 Å². The predicted octanol–water partition coefficient (Wildman–Crippen LogP) is 3.40. The van der Waals surface area contributed by atoms with Crippen molar-refractivity contribution < 1.29 is 14.3 Å². The number of morpholine rings is 1. The van der Waals surface area contributed by atoms with Crippen LogP contribution in [0.4, 0.5) is 0 Å². The fourth-order valence-electron chi connectivity index (χ4n) is 3.46. The number of hydrogen-bond acceptors (Lipinski definition) is 6. The third kappa shape index (κ3) is 3.63. The number of ether oxygens (including phenoxy) is 2. The Labute approximate surface area is 162 Å². The van der Waals surface area contributed by atoms with Gasteiger partial charge >= 0.3 is 5.97 Å². The molecule has 1 saturated heterocycles. The summed E-state index contributed by atoms with van der Waals surface area (Å²) in [5.41, 5.74) is 3.74. The number of hydrogen-bond donors (Lipinski definition) is 0. The Bertz CT molecular complexity index is 957. The first-order valence-electron chi connectivity index (χ1n) is 9.15. The van der Waals surface area contributed by atoms with Gasteiger partial charge in [0.05, 0.1) is 31.6 Å². The van der Waals surface area contributed by atoms with E-state index in [4.69, 9.17) is 14.5 Å². The number of esters is 1. The van der Waals surface area contributed by atoms with Gasteiger partial charge in [-0.1, -0.05) is 0 Å². The molecule has 1 aliphatic rings. The van der Waals surface area contributed by atoms with Gasteiger partial charge in [-0.3, -0.25) is 4.90 Å². The molecule has 0 spiro atoms. The molecule has 0 amide bonds. The number of aryl methyl sites for hydroxylation is 1. The van der Waals surface area contributed by atoms with Crippen molar-refractivity contribution in [3.8, 4) is 10.6 Å². The summed E-state index contributed by atoms with van der Waals surface area (Å²) in [7, 11) is 1.42. The molecule has 1 aliphatic heterocycles. The fourth-order valence-corrected chi connectivity index (χ4v) is 4.27. The summed E-state index contributed by atoms with van der Waals surface area (Å²) in [6, 6.07) is 6.18. The van der Waals surface area contributed by atoms with E-state index in [2.05, 4.69) is 33.9 Å². The topological polar surface area (TPSA) is 56.6 Å². The molecule has 6 nitrogen and oxygen atoms in total. The second-order valence-corrected chi connectivity index (χ2v) is 7.44. The van der Waals surface area contributed by atoms with Crippen LogP contribution in [-0.2, 0) is 22.6 Å². The number of fused-ring (bicyclic) bond motifs is 1. The van der Waals surface area contributed by atoms with Crippen LogP contribution in [0, 0.1) is 0 Å². The van der Waals surface area contributed by atoms with Crippen LogP contribution in [-0.4, -0.2) is 53.8 Å². The maximum absolute atomic E-state index is 12.2. The molecule has 0 aliphatic carbocycles. The van der Waals surface area contributed by atoms with E-state index in [9.17, 15) is 4.79 Å². The van der Waals surface area contributed by atoms with E-state index < -0.39 is 0 Å². The van der Waals surface area contributed by atoms with Gasteiger partial charge in [-0.05, 0) is 25.1 Å². The molecule has 2 aromatic heterocycles. The maximum atomic E-state index is 12.2. The Morgan fingerprint density at radius 3 is 2.89 bits per heavy atom. The zero-order chi connectivity index (χ0) is 18.8. The van der Waals surface area contributed by atoms with Crippen LogP contribution in [0.3, 0.4) is 0 Å². The van der Waals surface area contributed by atoms with Crippen molar-refractivity contribution in [2.45, 2.75) is 20.0 Å². The smallest absolute Gasteiger partial charge is 0.340 e. The lowest BCUT2D eigenvalue weighted by Gasteiger charge is -2.25. The van der Waals surface area contributed by atoms with Crippen molar-refractivity contribution in [3.05, 3.63) is 41.0 Å². The fraction of sp³-hybridized carbons (Fsp3) is 0.400. The van der Waals surface area contributed by atoms with Crippen LogP contribution in [0.5, 0.6) is 0 Å². The van der Waals surface area contributed by atoms with Gasteiger partial charge in [-0.2, -0.15) is 0 Å². The number of carbonyl (C=O) groups excluding carboxylic acids is 1.